The molecule has 236 valence electrons. The Hall–Kier alpha value is -6.36. The molecule has 3 heterocycles. The first kappa shape index (κ1) is 29.8. The largest absolute Gasteiger partial charge is 0.309 e. The second kappa shape index (κ2) is 12.3. The molecule has 0 radical (unpaired) electrons. The van der Waals surface area contributed by atoms with Crippen molar-refractivity contribution in [3.63, 3.8) is 0 Å². The molecule has 0 atom stereocenters. The van der Waals surface area contributed by atoms with Gasteiger partial charge in [-0.25, -0.2) is 9.97 Å². The highest BCUT2D eigenvalue weighted by Crippen LogP contribution is 2.43. The number of rotatable bonds is 7. The van der Waals surface area contributed by atoms with Crippen LogP contribution < -0.4 is 0 Å². The molecule has 0 aliphatic rings. The van der Waals surface area contributed by atoms with Gasteiger partial charge in [0.25, 0.3) is 0 Å². The first-order chi connectivity index (χ1) is 24.7. The lowest BCUT2D eigenvalue weighted by molar-refractivity contribution is 1.11. The highest BCUT2D eigenvalue weighted by Gasteiger charge is 2.19. The van der Waals surface area contributed by atoms with Gasteiger partial charge in [-0.3, -0.25) is 0 Å². The molecule has 0 amide bonds. The number of benzene rings is 6. The lowest BCUT2D eigenvalue weighted by Crippen LogP contribution is -1.96. The van der Waals surface area contributed by atoms with Crippen molar-refractivity contribution in [2.45, 2.75) is 0 Å². The van der Waals surface area contributed by atoms with Gasteiger partial charge in [0.2, 0.25) is 0 Å². The summed E-state index contributed by atoms with van der Waals surface area (Å²) in [4.78, 5) is 10.3. The highest BCUT2D eigenvalue weighted by molar-refractivity contribution is 7.26. The maximum atomic E-state index is 5.16. The molecule has 0 fully saturated rings. The average Bonchev–Trinajstić information content (AvgIpc) is 3.74. The summed E-state index contributed by atoms with van der Waals surface area (Å²) in [5, 5.41) is 2.32. The number of para-hydroxylation sites is 1. The lowest BCUT2D eigenvalue weighted by Gasteiger charge is -2.11. The minimum Gasteiger partial charge on any atom is -0.309 e. The van der Waals surface area contributed by atoms with Crippen molar-refractivity contribution in [3.05, 3.63) is 176 Å². The Morgan fingerprint density at radius 1 is 0.500 bits per heavy atom. The van der Waals surface area contributed by atoms with E-state index in [2.05, 4.69) is 145 Å². The molecule has 3 nitrogen and oxygen atoms in total. The molecule has 9 aromatic rings. The van der Waals surface area contributed by atoms with Crippen molar-refractivity contribution in [2.24, 2.45) is 0 Å². The monoisotopic (exact) mass is 657 g/mol. The summed E-state index contributed by atoms with van der Waals surface area (Å²) in [6.07, 6.45) is 3.83. The zero-order valence-corrected chi connectivity index (χ0v) is 28.1. The van der Waals surface area contributed by atoms with Crippen molar-refractivity contribution in [1.29, 1.82) is 0 Å². The molecular formula is C46H31N3S. The summed E-state index contributed by atoms with van der Waals surface area (Å²) in [6.45, 7) is 8.18. The molecule has 9 rings (SSSR count). The van der Waals surface area contributed by atoms with Crippen LogP contribution in [0.2, 0.25) is 0 Å². The van der Waals surface area contributed by atoms with E-state index in [9.17, 15) is 0 Å². The Bertz CT molecular complexity index is 2700. The predicted octanol–water partition coefficient (Wildman–Crippen LogP) is 12.7. The fourth-order valence-electron chi connectivity index (χ4n) is 7.02. The van der Waals surface area contributed by atoms with Crippen LogP contribution in [0.25, 0.3) is 93.9 Å². The fraction of sp³-hybridized carbons (Fsp3) is 0. The Morgan fingerprint density at radius 3 is 1.82 bits per heavy atom. The lowest BCUT2D eigenvalue weighted by atomic mass is 9.99. The van der Waals surface area contributed by atoms with E-state index in [1.165, 1.54) is 26.8 Å². The summed E-state index contributed by atoms with van der Waals surface area (Å²) in [5.74, 6) is 0.740. The molecule has 4 heteroatoms. The molecule has 0 aliphatic carbocycles. The van der Waals surface area contributed by atoms with E-state index in [4.69, 9.17) is 9.97 Å². The molecule has 0 saturated heterocycles. The van der Waals surface area contributed by atoms with Gasteiger partial charge in [-0.05, 0) is 46.5 Å². The quantitative estimate of drug-likeness (QED) is 0.171. The minimum atomic E-state index is 0.740. The van der Waals surface area contributed by atoms with Crippen molar-refractivity contribution >= 4 is 54.7 Å². The molecular weight excluding hydrogens is 627 g/mol. The maximum absolute atomic E-state index is 5.16. The summed E-state index contributed by atoms with van der Waals surface area (Å²) < 4.78 is 4.58. The number of thiophene rings is 1. The Balaban J connectivity index is 1.11. The molecule has 6 aromatic carbocycles. The van der Waals surface area contributed by atoms with E-state index in [1.807, 2.05) is 36.4 Å². The molecule has 50 heavy (non-hydrogen) atoms. The van der Waals surface area contributed by atoms with Crippen LogP contribution in [0.5, 0.6) is 0 Å². The second-order valence-electron chi connectivity index (χ2n) is 12.3. The topological polar surface area (TPSA) is 30.7 Å². The van der Waals surface area contributed by atoms with Crippen molar-refractivity contribution in [3.8, 4) is 50.6 Å². The van der Waals surface area contributed by atoms with Gasteiger partial charge in [-0.15, -0.1) is 11.3 Å². The van der Waals surface area contributed by atoms with Gasteiger partial charge in [0.15, 0.2) is 5.82 Å². The van der Waals surface area contributed by atoms with Crippen LogP contribution in [0.15, 0.2) is 165 Å². The van der Waals surface area contributed by atoms with Crippen LogP contribution in [0.4, 0.5) is 0 Å². The van der Waals surface area contributed by atoms with E-state index in [0.717, 1.165) is 66.3 Å². The van der Waals surface area contributed by atoms with E-state index < -0.39 is 0 Å². The molecule has 0 unspecified atom stereocenters. The number of hydrogen-bond donors (Lipinski definition) is 0. The van der Waals surface area contributed by atoms with Gasteiger partial charge in [0, 0.05) is 37.9 Å². The number of aromatic nitrogens is 3. The van der Waals surface area contributed by atoms with Crippen LogP contribution in [0.3, 0.4) is 0 Å². The van der Waals surface area contributed by atoms with Gasteiger partial charge in [0.1, 0.15) is 0 Å². The van der Waals surface area contributed by atoms with Crippen molar-refractivity contribution in [1.82, 2.24) is 14.5 Å². The third-order valence-electron chi connectivity index (χ3n) is 9.42. The standard InChI is InChI=1S/C46H31N3S/c1-3-36-38-18-11-12-21-41(38)49(40(36)4-2)35-28-26-31(27-29-35)30-22-24-32(25-23-30)37-19-13-20-39-43-45(50-44(37)39)42(33-14-7-5-8-15-33)47-46(48-43)34-16-9-6-10-17-34/h3-29H,1-2H2. The number of hydrogen-bond acceptors (Lipinski definition) is 3. The summed E-state index contributed by atoms with van der Waals surface area (Å²) in [5.41, 5.74) is 13.1. The molecule has 0 bridgehead atoms. The molecule has 0 spiro atoms. The molecule has 0 N–H and O–H groups in total. The van der Waals surface area contributed by atoms with Crippen LogP contribution in [0, 0.1) is 0 Å². The number of nitrogens with zero attached hydrogens (tertiary/aromatic N) is 3. The van der Waals surface area contributed by atoms with Gasteiger partial charge in [-0.1, -0.05) is 153 Å². The Labute approximate surface area is 294 Å². The Kier molecular flexibility index (Phi) is 7.30. The van der Waals surface area contributed by atoms with Gasteiger partial charge in [0.05, 0.1) is 27.1 Å². The molecule has 0 saturated carbocycles. The van der Waals surface area contributed by atoms with E-state index in [-0.39, 0.29) is 0 Å². The fourth-order valence-corrected chi connectivity index (χ4v) is 8.31. The zero-order chi connectivity index (χ0) is 33.6. The summed E-state index contributed by atoms with van der Waals surface area (Å²) in [7, 11) is 0. The SMILES string of the molecule is C=Cc1c(C=C)n(-c2ccc(-c3ccc(-c4cccc5c4sc4c(-c6ccccc6)nc(-c6ccccc6)nc45)cc3)cc2)c2ccccc12. The van der Waals surface area contributed by atoms with E-state index in [0.29, 0.717) is 0 Å². The summed E-state index contributed by atoms with van der Waals surface area (Å²) in [6, 6.07) is 53.3. The van der Waals surface area contributed by atoms with Crippen molar-refractivity contribution in [2.75, 3.05) is 0 Å². The average molecular weight is 658 g/mol. The third kappa shape index (κ3) is 4.89. The maximum Gasteiger partial charge on any atom is 0.160 e. The zero-order valence-electron chi connectivity index (χ0n) is 27.3. The normalized spacial score (nSPS) is 11.4. The smallest absolute Gasteiger partial charge is 0.160 e. The van der Waals surface area contributed by atoms with Gasteiger partial charge < -0.3 is 4.57 Å². The van der Waals surface area contributed by atoms with Gasteiger partial charge >= 0.3 is 0 Å². The predicted molar refractivity (Wildman–Crippen MR) is 214 cm³/mol. The first-order valence-electron chi connectivity index (χ1n) is 16.7. The van der Waals surface area contributed by atoms with E-state index in [1.54, 1.807) is 11.3 Å². The summed E-state index contributed by atoms with van der Waals surface area (Å²) >= 11 is 1.78. The molecule has 0 aliphatic heterocycles. The molecule has 3 aromatic heterocycles. The third-order valence-corrected chi connectivity index (χ3v) is 10.7. The van der Waals surface area contributed by atoms with Crippen molar-refractivity contribution < 1.29 is 0 Å². The van der Waals surface area contributed by atoms with Crippen LogP contribution in [-0.4, -0.2) is 14.5 Å². The second-order valence-corrected chi connectivity index (χ2v) is 13.3. The van der Waals surface area contributed by atoms with E-state index >= 15 is 0 Å². The van der Waals surface area contributed by atoms with Gasteiger partial charge in [-0.2, -0.15) is 0 Å². The minimum absolute atomic E-state index is 0.740. The first-order valence-corrected chi connectivity index (χ1v) is 17.5. The Morgan fingerprint density at radius 2 is 1.12 bits per heavy atom. The number of fused-ring (bicyclic) bond motifs is 4. The van der Waals surface area contributed by atoms with Crippen LogP contribution in [0.1, 0.15) is 11.3 Å². The van der Waals surface area contributed by atoms with Crippen LogP contribution >= 0.6 is 11.3 Å². The highest BCUT2D eigenvalue weighted by atomic mass is 32.1. The van der Waals surface area contributed by atoms with Crippen LogP contribution in [-0.2, 0) is 0 Å².